The monoisotopic (exact) mass is 283 g/mol. The molecule has 4 nitrogen and oxygen atoms in total. The Kier molecular flexibility index (Phi) is 5.29. The molecule has 0 radical (unpaired) electrons. The van der Waals surface area contributed by atoms with Gasteiger partial charge in [0.2, 0.25) is 0 Å². The highest BCUT2D eigenvalue weighted by atomic mass is 19.3. The number of alkyl halides is 2. The molecule has 0 amide bonds. The van der Waals surface area contributed by atoms with Gasteiger partial charge in [-0.1, -0.05) is 31.4 Å². The number of amidine groups is 1. The highest BCUT2D eigenvalue weighted by Crippen LogP contribution is 2.24. The van der Waals surface area contributed by atoms with Crippen LogP contribution in [0.4, 0.5) is 8.78 Å². The van der Waals surface area contributed by atoms with Crippen molar-refractivity contribution in [3.8, 4) is 5.75 Å². The van der Waals surface area contributed by atoms with Crippen LogP contribution in [0.3, 0.4) is 0 Å². The van der Waals surface area contributed by atoms with Gasteiger partial charge in [-0.05, 0) is 25.0 Å². The largest absolute Gasteiger partial charge is 0.434 e. The second kappa shape index (κ2) is 7.19. The fourth-order valence-corrected chi connectivity index (χ4v) is 2.44. The van der Waals surface area contributed by atoms with Crippen LogP contribution in [0.5, 0.6) is 5.75 Å². The molecule has 1 fully saturated rings. The first-order valence-corrected chi connectivity index (χ1v) is 6.79. The molecule has 1 aromatic carbocycles. The molecule has 0 unspecified atom stereocenters. The Morgan fingerprint density at radius 3 is 2.60 bits per heavy atom. The minimum Gasteiger partial charge on any atom is -0.434 e. The Hall–Kier alpha value is -1.69. The van der Waals surface area contributed by atoms with E-state index in [-0.39, 0.29) is 11.8 Å². The second-order valence-corrected chi connectivity index (χ2v) is 4.79. The predicted octanol–water partition coefficient (Wildman–Crippen LogP) is 2.83. The lowest BCUT2D eigenvalue weighted by Crippen LogP contribution is -2.33. The van der Waals surface area contributed by atoms with Gasteiger partial charge in [-0.2, -0.15) is 8.78 Å². The van der Waals surface area contributed by atoms with Crippen LogP contribution in [-0.2, 0) is 0 Å². The maximum absolute atomic E-state index is 12.4. The van der Waals surface area contributed by atoms with Crippen LogP contribution in [0.25, 0.3) is 0 Å². The van der Waals surface area contributed by atoms with Crippen LogP contribution in [-0.4, -0.2) is 18.5 Å². The molecule has 2 rings (SSSR count). The Morgan fingerprint density at radius 1 is 1.25 bits per heavy atom. The molecular weight excluding hydrogens is 264 g/mol. The first-order valence-electron chi connectivity index (χ1n) is 6.79. The molecule has 0 bridgehead atoms. The summed E-state index contributed by atoms with van der Waals surface area (Å²) in [4.78, 5) is 4.55. The number of aliphatic imine (C=N–C) groups is 1. The summed E-state index contributed by atoms with van der Waals surface area (Å²) >= 11 is 0. The summed E-state index contributed by atoms with van der Waals surface area (Å²) in [7, 11) is 0. The Labute approximate surface area is 117 Å². The van der Waals surface area contributed by atoms with Gasteiger partial charge in [-0.25, -0.2) is 5.84 Å². The summed E-state index contributed by atoms with van der Waals surface area (Å²) in [6, 6.07) is 6.71. The van der Waals surface area contributed by atoms with Crippen molar-refractivity contribution in [1.82, 2.24) is 5.43 Å². The van der Waals surface area contributed by atoms with E-state index in [1.54, 1.807) is 18.2 Å². The van der Waals surface area contributed by atoms with Crippen molar-refractivity contribution >= 4 is 5.84 Å². The van der Waals surface area contributed by atoms with Crippen LogP contribution in [0.2, 0.25) is 0 Å². The molecule has 3 N–H and O–H groups in total. The van der Waals surface area contributed by atoms with Gasteiger partial charge < -0.3 is 10.2 Å². The number of para-hydroxylation sites is 1. The zero-order chi connectivity index (χ0) is 14.4. The fraction of sp³-hybridized carbons (Fsp3) is 0.500. The van der Waals surface area contributed by atoms with Crippen LogP contribution in [0.1, 0.15) is 37.7 Å². The number of rotatable bonds is 4. The van der Waals surface area contributed by atoms with E-state index in [4.69, 9.17) is 5.84 Å². The van der Waals surface area contributed by atoms with E-state index >= 15 is 0 Å². The molecule has 110 valence electrons. The minimum atomic E-state index is -2.87. The number of nitrogens with one attached hydrogen (secondary N) is 1. The average molecular weight is 283 g/mol. The van der Waals surface area contributed by atoms with Gasteiger partial charge in [0.1, 0.15) is 11.6 Å². The third-order valence-corrected chi connectivity index (χ3v) is 3.38. The maximum Gasteiger partial charge on any atom is 0.387 e. The first kappa shape index (κ1) is 14.7. The number of hydrogen-bond acceptors (Lipinski definition) is 3. The number of nitrogens with zero attached hydrogens (tertiary/aromatic N) is 1. The fourth-order valence-electron chi connectivity index (χ4n) is 2.44. The highest BCUT2D eigenvalue weighted by molar-refractivity contribution is 6.00. The zero-order valence-corrected chi connectivity index (χ0v) is 11.2. The van der Waals surface area contributed by atoms with Gasteiger partial charge in [-0.3, -0.25) is 4.99 Å². The van der Waals surface area contributed by atoms with Crippen molar-refractivity contribution in [3.63, 3.8) is 0 Å². The SMILES string of the molecule is NNC(=NC1CCCCC1)c1ccccc1OC(F)F. The topological polar surface area (TPSA) is 59.6 Å². The first-order chi connectivity index (χ1) is 9.70. The lowest BCUT2D eigenvalue weighted by molar-refractivity contribution is -0.0499. The minimum absolute atomic E-state index is 0.0787. The molecular formula is C14H19F2N3O. The molecule has 0 atom stereocenters. The molecule has 0 aromatic heterocycles. The van der Waals surface area contributed by atoms with Crippen molar-refractivity contribution in [2.75, 3.05) is 0 Å². The molecule has 6 heteroatoms. The summed E-state index contributed by atoms with van der Waals surface area (Å²) in [6.45, 7) is -2.87. The number of benzene rings is 1. The lowest BCUT2D eigenvalue weighted by atomic mass is 9.96. The number of hydrogen-bond donors (Lipinski definition) is 2. The smallest absolute Gasteiger partial charge is 0.387 e. The maximum atomic E-state index is 12.4. The Balaban J connectivity index is 2.24. The van der Waals surface area contributed by atoms with Crippen molar-refractivity contribution in [2.45, 2.75) is 44.8 Å². The number of nitrogens with two attached hydrogens (primary N) is 1. The lowest BCUT2D eigenvalue weighted by Gasteiger charge is -2.20. The number of halogens is 2. The van der Waals surface area contributed by atoms with Crippen molar-refractivity contribution in [3.05, 3.63) is 29.8 Å². The van der Waals surface area contributed by atoms with Gasteiger partial charge in [0, 0.05) is 0 Å². The van der Waals surface area contributed by atoms with Crippen LogP contribution in [0, 0.1) is 0 Å². The van der Waals surface area contributed by atoms with E-state index < -0.39 is 6.61 Å². The van der Waals surface area contributed by atoms with Crippen molar-refractivity contribution < 1.29 is 13.5 Å². The number of hydrazine groups is 1. The molecule has 0 heterocycles. The molecule has 0 spiro atoms. The van der Waals surface area contributed by atoms with Crippen LogP contribution < -0.4 is 16.0 Å². The molecule has 1 saturated carbocycles. The van der Waals surface area contributed by atoms with E-state index in [0.29, 0.717) is 11.4 Å². The van der Waals surface area contributed by atoms with Gasteiger partial charge in [-0.15, -0.1) is 0 Å². The number of ether oxygens (including phenoxy) is 1. The third kappa shape index (κ3) is 3.90. The van der Waals surface area contributed by atoms with E-state index in [9.17, 15) is 8.78 Å². The predicted molar refractivity (Wildman–Crippen MR) is 73.8 cm³/mol. The van der Waals surface area contributed by atoms with Crippen molar-refractivity contribution in [1.29, 1.82) is 0 Å². The summed E-state index contributed by atoms with van der Waals surface area (Å²) in [5, 5.41) is 0. The van der Waals surface area contributed by atoms with Gasteiger partial charge in [0.05, 0.1) is 11.6 Å². The van der Waals surface area contributed by atoms with Crippen molar-refractivity contribution in [2.24, 2.45) is 10.8 Å². The molecule has 1 aliphatic rings. The normalized spacial score (nSPS) is 17.3. The Bertz CT molecular complexity index is 459. The van der Waals surface area contributed by atoms with Crippen LogP contribution >= 0.6 is 0 Å². The molecule has 0 aliphatic heterocycles. The van der Waals surface area contributed by atoms with Crippen LogP contribution in [0.15, 0.2) is 29.3 Å². The van der Waals surface area contributed by atoms with E-state index in [0.717, 1.165) is 25.7 Å². The summed E-state index contributed by atoms with van der Waals surface area (Å²) < 4.78 is 29.3. The highest BCUT2D eigenvalue weighted by Gasteiger charge is 2.17. The van der Waals surface area contributed by atoms with Gasteiger partial charge in [0.25, 0.3) is 0 Å². The second-order valence-electron chi connectivity index (χ2n) is 4.79. The standard InChI is InChI=1S/C14H19F2N3O/c15-14(16)20-12-9-5-4-8-11(12)13(19-17)18-10-6-2-1-3-7-10/h4-5,8-10,14H,1-3,6-7,17H2,(H,18,19). The molecule has 1 aromatic rings. The van der Waals surface area contributed by atoms with E-state index in [1.165, 1.54) is 12.5 Å². The molecule has 0 saturated heterocycles. The van der Waals surface area contributed by atoms with Gasteiger partial charge >= 0.3 is 6.61 Å². The average Bonchev–Trinajstić information content (AvgIpc) is 2.46. The quantitative estimate of drug-likeness (QED) is 0.386. The summed E-state index contributed by atoms with van der Waals surface area (Å²) in [5.41, 5.74) is 2.96. The molecule has 20 heavy (non-hydrogen) atoms. The summed E-state index contributed by atoms with van der Waals surface area (Å²) in [6.07, 6.45) is 5.51. The van der Waals surface area contributed by atoms with Gasteiger partial charge in [0.15, 0.2) is 0 Å². The Morgan fingerprint density at radius 2 is 1.95 bits per heavy atom. The summed E-state index contributed by atoms with van der Waals surface area (Å²) in [5.74, 6) is 5.97. The van der Waals surface area contributed by atoms with E-state index in [2.05, 4.69) is 15.2 Å². The van der Waals surface area contributed by atoms with E-state index in [1.807, 2.05) is 0 Å². The molecule has 1 aliphatic carbocycles. The zero-order valence-electron chi connectivity index (χ0n) is 11.2. The third-order valence-electron chi connectivity index (χ3n) is 3.38.